The maximum Gasteiger partial charge on any atom is 0.281 e. The van der Waals surface area contributed by atoms with Crippen molar-refractivity contribution in [1.29, 1.82) is 0 Å². The van der Waals surface area contributed by atoms with Crippen molar-refractivity contribution in [3.63, 3.8) is 0 Å². The van der Waals surface area contributed by atoms with E-state index in [4.69, 9.17) is 0 Å². The number of rotatable bonds is 3. The van der Waals surface area contributed by atoms with E-state index in [1.165, 1.54) is 6.92 Å². The van der Waals surface area contributed by atoms with Crippen LogP contribution in [0, 0.1) is 6.92 Å². The van der Waals surface area contributed by atoms with Crippen LogP contribution >= 0.6 is 0 Å². The fourth-order valence-corrected chi connectivity index (χ4v) is 2.24. The molecule has 0 bridgehead atoms. The van der Waals surface area contributed by atoms with Gasteiger partial charge in [0.15, 0.2) is 0 Å². The summed E-state index contributed by atoms with van der Waals surface area (Å²) in [6.07, 6.45) is 0. The van der Waals surface area contributed by atoms with Crippen molar-refractivity contribution in [2.45, 2.75) is 13.8 Å². The van der Waals surface area contributed by atoms with Gasteiger partial charge in [-0.2, -0.15) is 4.68 Å². The van der Waals surface area contributed by atoms with Crippen LogP contribution in [0.25, 0.3) is 10.9 Å². The first-order valence-electron chi connectivity index (χ1n) is 7.17. The Morgan fingerprint density at radius 2 is 1.78 bits per heavy atom. The smallest absolute Gasteiger partial charge is 0.281 e. The number of carbonyl (C=O) groups excluding carboxylic acids is 1. The zero-order chi connectivity index (χ0) is 16.4. The van der Waals surface area contributed by atoms with E-state index in [0.29, 0.717) is 10.9 Å². The van der Waals surface area contributed by atoms with E-state index < -0.39 is 0 Å². The van der Waals surface area contributed by atoms with Gasteiger partial charge in [0.2, 0.25) is 11.9 Å². The number of hydrogen-bond acceptors (Lipinski definition) is 4. The molecule has 0 saturated carbocycles. The average molecular weight is 308 g/mol. The van der Waals surface area contributed by atoms with Crippen LogP contribution in [0.5, 0.6) is 0 Å². The molecule has 2 N–H and O–H groups in total. The van der Waals surface area contributed by atoms with Gasteiger partial charge >= 0.3 is 0 Å². The third kappa shape index (κ3) is 3.06. The Labute approximate surface area is 132 Å². The van der Waals surface area contributed by atoms with E-state index in [0.717, 1.165) is 15.9 Å². The minimum absolute atomic E-state index is 0.257. The summed E-state index contributed by atoms with van der Waals surface area (Å²) in [7, 11) is 0. The minimum Gasteiger partial charge on any atom is -0.324 e. The number of hydrogen-bond donors (Lipinski definition) is 2. The third-order valence-electron chi connectivity index (χ3n) is 3.35. The highest BCUT2D eigenvalue weighted by Crippen LogP contribution is 2.16. The second kappa shape index (κ2) is 5.92. The fourth-order valence-electron chi connectivity index (χ4n) is 2.24. The summed E-state index contributed by atoms with van der Waals surface area (Å²) in [6, 6.07) is 14.7. The van der Waals surface area contributed by atoms with Gasteiger partial charge in [-0.1, -0.05) is 29.8 Å². The Hall–Kier alpha value is -3.15. The van der Waals surface area contributed by atoms with E-state index in [1.54, 1.807) is 18.2 Å². The number of amides is 1. The summed E-state index contributed by atoms with van der Waals surface area (Å²) < 4.78 is 1.13. The molecule has 0 aliphatic rings. The number of aryl methyl sites for hydroxylation is 1. The quantitative estimate of drug-likeness (QED) is 0.779. The molecule has 0 radical (unpaired) electrons. The highest BCUT2D eigenvalue weighted by molar-refractivity contribution is 5.84. The Bertz CT molecular complexity index is 929. The molecule has 116 valence electrons. The zero-order valence-corrected chi connectivity index (χ0v) is 12.8. The lowest BCUT2D eigenvalue weighted by atomic mass is 10.2. The Kier molecular flexibility index (Phi) is 3.80. The number of nitrogens with one attached hydrogen (secondary N) is 2. The van der Waals surface area contributed by atoms with Crippen LogP contribution in [0.3, 0.4) is 0 Å². The first-order valence-corrected chi connectivity index (χ1v) is 7.17. The molecule has 23 heavy (non-hydrogen) atoms. The van der Waals surface area contributed by atoms with Gasteiger partial charge in [0.25, 0.3) is 5.56 Å². The third-order valence-corrected chi connectivity index (χ3v) is 3.35. The van der Waals surface area contributed by atoms with Crippen LogP contribution in [-0.2, 0) is 4.79 Å². The monoisotopic (exact) mass is 308 g/mol. The molecule has 0 aliphatic carbocycles. The van der Waals surface area contributed by atoms with Gasteiger partial charge in [0.1, 0.15) is 0 Å². The van der Waals surface area contributed by atoms with E-state index in [2.05, 4.69) is 15.7 Å². The largest absolute Gasteiger partial charge is 0.324 e. The number of fused-ring (bicyclic) bond motifs is 1. The van der Waals surface area contributed by atoms with E-state index in [-0.39, 0.29) is 17.4 Å². The van der Waals surface area contributed by atoms with Gasteiger partial charge in [-0.05, 0) is 31.2 Å². The fraction of sp³-hybridized carbons (Fsp3) is 0.118. The molecule has 0 aliphatic heterocycles. The lowest BCUT2D eigenvalue weighted by molar-refractivity contribution is -0.115. The summed E-state index contributed by atoms with van der Waals surface area (Å²) in [4.78, 5) is 28.5. The number of para-hydroxylation sites is 1. The zero-order valence-electron chi connectivity index (χ0n) is 12.8. The molecular formula is C17H16N4O2. The molecule has 1 amide bonds. The van der Waals surface area contributed by atoms with Gasteiger partial charge in [-0.25, -0.2) is 4.98 Å². The van der Waals surface area contributed by atoms with Crippen molar-refractivity contribution in [1.82, 2.24) is 9.66 Å². The minimum atomic E-state index is -0.351. The summed E-state index contributed by atoms with van der Waals surface area (Å²) in [5.41, 5.74) is 4.64. The number of anilines is 2. The molecule has 0 fully saturated rings. The van der Waals surface area contributed by atoms with Crippen LogP contribution in [0.15, 0.2) is 53.3 Å². The summed E-state index contributed by atoms with van der Waals surface area (Å²) in [5, 5.41) is 3.52. The van der Waals surface area contributed by atoms with E-state index in [1.807, 2.05) is 37.3 Å². The van der Waals surface area contributed by atoms with Gasteiger partial charge in [-0.3, -0.25) is 15.0 Å². The number of benzene rings is 2. The van der Waals surface area contributed by atoms with Gasteiger partial charge in [0.05, 0.1) is 10.9 Å². The standard InChI is InChI=1S/C17H16N4O2/c1-11-7-9-13(10-8-11)18-17-19-15-6-4-3-5-14(15)16(23)21(17)20-12(2)22/h3-10H,1-2H3,(H,18,19)(H,20,22). The summed E-state index contributed by atoms with van der Waals surface area (Å²) in [5.74, 6) is -0.0936. The van der Waals surface area contributed by atoms with Crippen molar-refractivity contribution in [3.05, 3.63) is 64.4 Å². The van der Waals surface area contributed by atoms with Crippen molar-refractivity contribution in [3.8, 4) is 0 Å². The molecule has 0 atom stereocenters. The van der Waals surface area contributed by atoms with Crippen molar-refractivity contribution >= 4 is 28.4 Å². The molecule has 3 aromatic rings. The predicted molar refractivity (Wildman–Crippen MR) is 90.5 cm³/mol. The molecular weight excluding hydrogens is 292 g/mol. The first-order chi connectivity index (χ1) is 11.0. The van der Waals surface area contributed by atoms with Crippen LogP contribution in [0.4, 0.5) is 11.6 Å². The predicted octanol–water partition coefficient (Wildman–Crippen LogP) is 2.54. The van der Waals surface area contributed by atoms with Crippen LogP contribution in [0.2, 0.25) is 0 Å². The lowest BCUT2D eigenvalue weighted by Gasteiger charge is -2.14. The second-order valence-corrected chi connectivity index (χ2v) is 5.25. The molecule has 1 aromatic heterocycles. The number of carbonyl (C=O) groups is 1. The van der Waals surface area contributed by atoms with E-state index >= 15 is 0 Å². The molecule has 0 spiro atoms. The summed E-state index contributed by atoms with van der Waals surface area (Å²) in [6.45, 7) is 3.34. The van der Waals surface area contributed by atoms with Gasteiger partial charge in [0, 0.05) is 12.6 Å². The molecule has 3 rings (SSSR count). The highest BCUT2D eigenvalue weighted by Gasteiger charge is 2.12. The average Bonchev–Trinajstić information content (AvgIpc) is 2.53. The van der Waals surface area contributed by atoms with Crippen molar-refractivity contribution < 1.29 is 4.79 Å². The Morgan fingerprint density at radius 3 is 2.48 bits per heavy atom. The summed E-state index contributed by atoms with van der Waals surface area (Å²) >= 11 is 0. The Morgan fingerprint density at radius 1 is 1.09 bits per heavy atom. The Balaban J connectivity index is 2.14. The van der Waals surface area contributed by atoms with Crippen LogP contribution in [0.1, 0.15) is 12.5 Å². The number of nitrogens with zero attached hydrogens (tertiary/aromatic N) is 2. The molecule has 6 heteroatoms. The van der Waals surface area contributed by atoms with Crippen LogP contribution < -0.4 is 16.3 Å². The molecule has 0 unspecified atom stereocenters. The second-order valence-electron chi connectivity index (χ2n) is 5.25. The van der Waals surface area contributed by atoms with E-state index in [9.17, 15) is 9.59 Å². The molecule has 0 saturated heterocycles. The lowest BCUT2D eigenvalue weighted by Crippen LogP contribution is -2.34. The normalized spacial score (nSPS) is 10.5. The first kappa shape index (κ1) is 14.8. The van der Waals surface area contributed by atoms with Gasteiger partial charge in [-0.15, -0.1) is 0 Å². The van der Waals surface area contributed by atoms with Crippen molar-refractivity contribution in [2.24, 2.45) is 0 Å². The molecule has 1 heterocycles. The maximum absolute atomic E-state index is 12.6. The number of aromatic nitrogens is 2. The maximum atomic E-state index is 12.6. The van der Waals surface area contributed by atoms with Gasteiger partial charge < -0.3 is 5.32 Å². The molecule has 2 aromatic carbocycles. The topological polar surface area (TPSA) is 76.0 Å². The highest BCUT2D eigenvalue weighted by atomic mass is 16.2. The van der Waals surface area contributed by atoms with Crippen molar-refractivity contribution in [2.75, 3.05) is 10.7 Å². The molecule has 6 nitrogen and oxygen atoms in total. The van der Waals surface area contributed by atoms with Crippen LogP contribution in [-0.4, -0.2) is 15.6 Å². The SMILES string of the molecule is CC(=O)Nn1c(Nc2ccc(C)cc2)nc2ccccc2c1=O.